The van der Waals surface area contributed by atoms with Gasteiger partial charge in [-0.05, 0) is 35.4 Å². The van der Waals surface area contributed by atoms with Crippen molar-refractivity contribution in [3.8, 4) is 11.1 Å². The van der Waals surface area contributed by atoms with Crippen LogP contribution >= 0.6 is 0 Å². The van der Waals surface area contributed by atoms with Crippen molar-refractivity contribution in [3.05, 3.63) is 59.7 Å². The molecule has 4 heteroatoms. The van der Waals surface area contributed by atoms with E-state index in [0.29, 0.717) is 11.1 Å². The molecule has 0 heterocycles. The molecular weight excluding hydrogens is 240 g/mol. The summed E-state index contributed by atoms with van der Waals surface area (Å²) in [6, 6.07) is 14.2. The van der Waals surface area contributed by atoms with Gasteiger partial charge in [0.15, 0.2) is 0 Å². The molecule has 4 nitrogen and oxygen atoms in total. The maximum absolute atomic E-state index is 11.6. The Morgan fingerprint density at radius 2 is 1.47 bits per heavy atom. The maximum Gasteiger partial charge on any atom is 0.251 e. The minimum Gasteiger partial charge on any atom is -0.366 e. The quantitative estimate of drug-likeness (QED) is 0.876. The smallest absolute Gasteiger partial charge is 0.251 e. The monoisotopic (exact) mass is 254 g/mol. The van der Waals surface area contributed by atoms with E-state index < -0.39 is 5.91 Å². The van der Waals surface area contributed by atoms with Crippen molar-refractivity contribution < 1.29 is 9.59 Å². The molecule has 0 saturated carbocycles. The first-order valence-corrected chi connectivity index (χ1v) is 5.84. The van der Waals surface area contributed by atoms with Gasteiger partial charge < -0.3 is 11.1 Å². The molecule has 0 radical (unpaired) electrons. The molecule has 0 aliphatic carbocycles. The molecule has 0 atom stereocenters. The fourth-order valence-electron chi connectivity index (χ4n) is 1.84. The Morgan fingerprint density at radius 1 is 0.947 bits per heavy atom. The van der Waals surface area contributed by atoms with Gasteiger partial charge >= 0.3 is 0 Å². The summed E-state index contributed by atoms with van der Waals surface area (Å²) in [6.45, 7) is 0. The third-order valence-electron chi connectivity index (χ3n) is 2.83. The molecular formula is C15H14N2O2. The third kappa shape index (κ3) is 2.80. The lowest BCUT2D eigenvalue weighted by Gasteiger charge is -2.06. The number of amides is 2. The molecule has 0 saturated heterocycles. The van der Waals surface area contributed by atoms with Crippen LogP contribution in [0.15, 0.2) is 48.5 Å². The van der Waals surface area contributed by atoms with E-state index in [1.807, 2.05) is 12.1 Å². The van der Waals surface area contributed by atoms with E-state index in [-0.39, 0.29) is 5.91 Å². The van der Waals surface area contributed by atoms with Gasteiger partial charge in [0.2, 0.25) is 5.91 Å². The van der Waals surface area contributed by atoms with Gasteiger partial charge in [0.05, 0.1) is 0 Å². The largest absolute Gasteiger partial charge is 0.366 e. The second-order valence-corrected chi connectivity index (χ2v) is 4.10. The zero-order valence-corrected chi connectivity index (χ0v) is 10.5. The highest BCUT2D eigenvalue weighted by atomic mass is 16.1. The Labute approximate surface area is 111 Å². The van der Waals surface area contributed by atoms with Crippen LogP contribution in [0.25, 0.3) is 11.1 Å². The van der Waals surface area contributed by atoms with Crippen LogP contribution < -0.4 is 11.1 Å². The van der Waals surface area contributed by atoms with Crippen LogP contribution in [-0.4, -0.2) is 18.9 Å². The maximum atomic E-state index is 11.6. The fourth-order valence-corrected chi connectivity index (χ4v) is 1.84. The predicted octanol–water partition coefficient (Wildman–Crippen LogP) is 1.81. The normalized spacial score (nSPS) is 9.95. The molecule has 0 aliphatic heterocycles. The van der Waals surface area contributed by atoms with Crippen LogP contribution in [0, 0.1) is 0 Å². The van der Waals surface area contributed by atoms with Crippen molar-refractivity contribution in [3.63, 3.8) is 0 Å². The van der Waals surface area contributed by atoms with E-state index in [1.54, 1.807) is 43.4 Å². The first-order chi connectivity index (χ1) is 9.11. The van der Waals surface area contributed by atoms with Gasteiger partial charge in [-0.15, -0.1) is 0 Å². The summed E-state index contributed by atoms with van der Waals surface area (Å²) >= 11 is 0. The summed E-state index contributed by atoms with van der Waals surface area (Å²) in [5.74, 6) is -0.614. The molecule has 2 aromatic carbocycles. The predicted molar refractivity (Wildman–Crippen MR) is 73.8 cm³/mol. The van der Waals surface area contributed by atoms with Crippen LogP contribution in [0.5, 0.6) is 0 Å². The minimum absolute atomic E-state index is 0.145. The Balaban J connectivity index is 2.44. The summed E-state index contributed by atoms with van der Waals surface area (Å²) in [5, 5.41) is 2.58. The molecule has 2 amide bonds. The zero-order valence-electron chi connectivity index (χ0n) is 10.5. The molecule has 2 rings (SSSR count). The van der Waals surface area contributed by atoms with Crippen LogP contribution in [-0.2, 0) is 0 Å². The highest BCUT2D eigenvalue weighted by Crippen LogP contribution is 2.21. The molecule has 0 bridgehead atoms. The van der Waals surface area contributed by atoms with E-state index in [0.717, 1.165) is 11.1 Å². The summed E-state index contributed by atoms with van der Waals surface area (Å²) in [6.07, 6.45) is 0. The zero-order chi connectivity index (χ0) is 13.8. The number of hydrogen-bond donors (Lipinski definition) is 2. The fraction of sp³-hybridized carbons (Fsp3) is 0.0667. The lowest BCUT2D eigenvalue weighted by Crippen LogP contribution is -2.17. The number of hydrogen-bond acceptors (Lipinski definition) is 2. The van der Waals surface area contributed by atoms with Gasteiger partial charge in [0, 0.05) is 18.2 Å². The number of nitrogens with one attached hydrogen (secondary N) is 1. The highest BCUT2D eigenvalue weighted by Gasteiger charge is 2.06. The van der Waals surface area contributed by atoms with Crippen molar-refractivity contribution in [2.24, 2.45) is 5.73 Å². The van der Waals surface area contributed by atoms with Crippen molar-refractivity contribution in [2.45, 2.75) is 0 Å². The number of rotatable bonds is 3. The van der Waals surface area contributed by atoms with Crippen molar-refractivity contribution in [1.82, 2.24) is 5.32 Å². The molecule has 0 aromatic heterocycles. The average molecular weight is 254 g/mol. The molecule has 0 fully saturated rings. The molecule has 19 heavy (non-hydrogen) atoms. The van der Waals surface area contributed by atoms with Crippen LogP contribution in [0.3, 0.4) is 0 Å². The van der Waals surface area contributed by atoms with E-state index in [2.05, 4.69) is 5.32 Å². The molecule has 96 valence electrons. The Kier molecular flexibility index (Phi) is 3.61. The van der Waals surface area contributed by atoms with E-state index >= 15 is 0 Å². The van der Waals surface area contributed by atoms with Crippen molar-refractivity contribution >= 4 is 11.8 Å². The first kappa shape index (κ1) is 12.8. The first-order valence-electron chi connectivity index (χ1n) is 5.84. The summed E-state index contributed by atoms with van der Waals surface area (Å²) < 4.78 is 0. The van der Waals surface area contributed by atoms with E-state index in [9.17, 15) is 9.59 Å². The molecule has 2 aromatic rings. The number of benzene rings is 2. The van der Waals surface area contributed by atoms with Gasteiger partial charge in [-0.3, -0.25) is 9.59 Å². The second kappa shape index (κ2) is 5.35. The van der Waals surface area contributed by atoms with E-state index in [1.165, 1.54) is 0 Å². The number of carbonyl (C=O) groups excluding carboxylic acids is 2. The van der Waals surface area contributed by atoms with Gasteiger partial charge in [-0.1, -0.05) is 24.3 Å². The Bertz CT molecular complexity index is 636. The van der Waals surface area contributed by atoms with Gasteiger partial charge in [0.25, 0.3) is 5.91 Å². The summed E-state index contributed by atoms with van der Waals surface area (Å²) in [7, 11) is 1.59. The van der Waals surface area contributed by atoms with Gasteiger partial charge in [-0.2, -0.15) is 0 Å². The van der Waals surface area contributed by atoms with Crippen molar-refractivity contribution in [1.29, 1.82) is 0 Å². The number of nitrogens with two attached hydrogens (primary N) is 1. The second-order valence-electron chi connectivity index (χ2n) is 4.10. The Hall–Kier alpha value is -2.62. The molecule has 3 N–H and O–H groups in total. The summed E-state index contributed by atoms with van der Waals surface area (Å²) in [5.41, 5.74) is 7.99. The van der Waals surface area contributed by atoms with Gasteiger partial charge in [-0.25, -0.2) is 0 Å². The van der Waals surface area contributed by atoms with Crippen LogP contribution in [0.2, 0.25) is 0 Å². The lowest BCUT2D eigenvalue weighted by molar-refractivity contribution is 0.0961. The minimum atomic E-state index is -0.468. The average Bonchev–Trinajstić information content (AvgIpc) is 2.46. The molecule has 0 unspecified atom stereocenters. The topological polar surface area (TPSA) is 72.2 Å². The third-order valence-corrected chi connectivity index (χ3v) is 2.83. The molecule has 0 aliphatic rings. The standard InChI is InChI=1S/C15H14N2O2/c1-17-15(19)13-7-3-5-11(9-13)10-4-2-6-12(8-10)14(16)18/h2-9H,1H3,(H2,16,18)(H,17,19). The van der Waals surface area contributed by atoms with E-state index in [4.69, 9.17) is 5.73 Å². The summed E-state index contributed by atoms with van der Waals surface area (Å²) in [4.78, 5) is 22.8. The number of primary amides is 1. The highest BCUT2D eigenvalue weighted by molar-refractivity contribution is 5.96. The van der Waals surface area contributed by atoms with Gasteiger partial charge in [0.1, 0.15) is 0 Å². The van der Waals surface area contributed by atoms with Crippen LogP contribution in [0.4, 0.5) is 0 Å². The SMILES string of the molecule is CNC(=O)c1cccc(-c2cccc(C(N)=O)c2)c1. The lowest BCUT2D eigenvalue weighted by atomic mass is 10.0. The van der Waals surface area contributed by atoms with Crippen LogP contribution in [0.1, 0.15) is 20.7 Å². The number of carbonyl (C=O) groups is 2. The molecule has 0 spiro atoms. The van der Waals surface area contributed by atoms with Crippen molar-refractivity contribution in [2.75, 3.05) is 7.05 Å². The Morgan fingerprint density at radius 3 is 2.00 bits per heavy atom.